The van der Waals surface area contributed by atoms with Crippen LogP contribution in [0.5, 0.6) is 0 Å². The van der Waals surface area contributed by atoms with Crippen molar-refractivity contribution in [3.05, 3.63) is 70.7 Å². The summed E-state index contributed by atoms with van der Waals surface area (Å²) in [4.78, 5) is 24.9. The molecule has 0 radical (unpaired) electrons. The van der Waals surface area contributed by atoms with Crippen LogP contribution < -0.4 is 0 Å². The normalized spacial score (nSPS) is 11.0. The van der Waals surface area contributed by atoms with Gasteiger partial charge in [-0.1, -0.05) is 54.1 Å². The molecule has 26 heavy (non-hydrogen) atoms. The first-order valence-corrected chi connectivity index (χ1v) is 8.49. The van der Waals surface area contributed by atoms with Crippen molar-refractivity contribution in [3.8, 4) is 0 Å². The number of carbonyl (C=O) groups excluding carboxylic acids is 2. The van der Waals surface area contributed by atoms with Crippen molar-refractivity contribution in [3.63, 3.8) is 0 Å². The molecule has 0 N–H and O–H groups in total. The van der Waals surface area contributed by atoms with Crippen LogP contribution >= 0.6 is 11.6 Å². The molecule has 0 bridgehead atoms. The van der Waals surface area contributed by atoms with E-state index >= 15 is 0 Å². The van der Waals surface area contributed by atoms with Crippen LogP contribution in [0, 0.1) is 0 Å². The van der Waals surface area contributed by atoms with Gasteiger partial charge in [0.15, 0.2) is 0 Å². The first-order valence-electron chi connectivity index (χ1n) is 8.11. The molecule has 0 fully saturated rings. The fraction of sp³-hybridized carbons (Fsp3) is 0.300. The Morgan fingerprint density at radius 2 is 1.46 bits per heavy atom. The van der Waals surface area contributed by atoms with E-state index in [0.29, 0.717) is 11.4 Å². The SMILES string of the molecule is COC(=O)C(Cc1ccccc1)(OCCc1ccc(Cl)cc1)C(=O)OC. The van der Waals surface area contributed by atoms with Crippen molar-refractivity contribution in [2.24, 2.45) is 0 Å². The molecule has 6 heteroatoms. The van der Waals surface area contributed by atoms with Crippen LogP contribution in [0.2, 0.25) is 5.02 Å². The van der Waals surface area contributed by atoms with E-state index in [1.807, 2.05) is 42.5 Å². The molecule has 0 aromatic heterocycles. The fourth-order valence-corrected chi connectivity index (χ4v) is 2.73. The molecule has 0 aliphatic heterocycles. The van der Waals surface area contributed by atoms with Gasteiger partial charge in [-0.3, -0.25) is 0 Å². The number of benzene rings is 2. The molecule has 0 atom stereocenters. The molecule has 0 aliphatic rings. The molecular weight excluding hydrogens is 356 g/mol. The summed E-state index contributed by atoms with van der Waals surface area (Å²) in [5.74, 6) is -1.58. The highest BCUT2D eigenvalue weighted by atomic mass is 35.5. The van der Waals surface area contributed by atoms with Gasteiger partial charge in [0.1, 0.15) is 0 Å². The van der Waals surface area contributed by atoms with E-state index in [0.717, 1.165) is 11.1 Å². The average Bonchev–Trinajstić information content (AvgIpc) is 2.68. The second-order valence-electron chi connectivity index (χ2n) is 5.70. The lowest BCUT2D eigenvalue weighted by Gasteiger charge is -2.28. The van der Waals surface area contributed by atoms with E-state index < -0.39 is 17.5 Å². The molecule has 2 aromatic carbocycles. The summed E-state index contributed by atoms with van der Waals surface area (Å²) in [5.41, 5.74) is -0.121. The molecule has 2 rings (SSSR count). The number of hydrogen-bond acceptors (Lipinski definition) is 5. The van der Waals surface area contributed by atoms with Gasteiger partial charge in [0.2, 0.25) is 0 Å². The highest BCUT2D eigenvalue weighted by molar-refractivity contribution is 6.30. The zero-order chi connectivity index (χ0) is 19.0. The highest BCUT2D eigenvalue weighted by Gasteiger charge is 2.50. The number of hydrogen-bond donors (Lipinski definition) is 0. The quantitative estimate of drug-likeness (QED) is 0.523. The number of methoxy groups -OCH3 is 2. The van der Waals surface area contributed by atoms with Crippen LogP contribution in [0.3, 0.4) is 0 Å². The van der Waals surface area contributed by atoms with Crippen LogP contribution in [0.25, 0.3) is 0 Å². The van der Waals surface area contributed by atoms with E-state index in [2.05, 4.69) is 0 Å². The second-order valence-corrected chi connectivity index (χ2v) is 6.13. The molecule has 0 saturated heterocycles. The molecular formula is C20H21ClO5. The van der Waals surface area contributed by atoms with E-state index in [9.17, 15) is 9.59 Å². The first-order chi connectivity index (χ1) is 12.5. The minimum atomic E-state index is -1.85. The monoisotopic (exact) mass is 376 g/mol. The Bertz CT molecular complexity index is 712. The van der Waals surface area contributed by atoms with Gasteiger partial charge in [-0.15, -0.1) is 0 Å². The largest absolute Gasteiger partial charge is 0.466 e. The van der Waals surface area contributed by atoms with Crippen molar-refractivity contribution in [1.82, 2.24) is 0 Å². The van der Waals surface area contributed by atoms with E-state index in [4.69, 9.17) is 25.8 Å². The Labute approximate surface area is 157 Å². The molecule has 0 heterocycles. The number of rotatable bonds is 8. The standard InChI is InChI=1S/C20H21ClO5/c1-24-18(22)20(19(23)25-2,14-16-6-4-3-5-7-16)26-13-12-15-8-10-17(21)11-9-15/h3-11H,12-14H2,1-2H3. The molecule has 0 aliphatic carbocycles. The summed E-state index contributed by atoms with van der Waals surface area (Å²) in [6.45, 7) is 0.138. The lowest BCUT2D eigenvalue weighted by Crippen LogP contribution is -2.52. The van der Waals surface area contributed by atoms with Crippen molar-refractivity contribution >= 4 is 23.5 Å². The third kappa shape index (κ3) is 4.84. The van der Waals surface area contributed by atoms with Crippen LogP contribution in [-0.2, 0) is 36.6 Å². The van der Waals surface area contributed by atoms with Crippen molar-refractivity contribution < 1.29 is 23.8 Å². The van der Waals surface area contributed by atoms with E-state index in [1.54, 1.807) is 12.1 Å². The molecule has 0 unspecified atom stereocenters. The molecule has 5 nitrogen and oxygen atoms in total. The molecule has 0 saturated carbocycles. The number of carbonyl (C=O) groups is 2. The summed E-state index contributed by atoms with van der Waals surface area (Å²) in [6, 6.07) is 16.4. The average molecular weight is 377 g/mol. The molecule has 2 aromatic rings. The summed E-state index contributed by atoms with van der Waals surface area (Å²) >= 11 is 5.88. The van der Waals surface area contributed by atoms with Crippen LogP contribution in [0.15, 0.2) is 54.6 Å². The highest BCUT2D eigenvalue weighted by Crippen LogP contribution is 2.23. The maximum absolute atomic E-state index is 12.5. The number of ether oxygens (including phenoxy) is 3. The zero-order valence-corrected chi connectivity index (χ0v) is 15.5. The van der Waals surface area contributed by atoms with Crippen LogP contribution in [0.1, 0.15) is 11.1 Å². The van der Waals surface area contributed by atoms with Crippen molar-refractivity contribution in [2.75, 3.05) is 20.8 Å². The zero-order valence-electron chi connectivity index (χ0n) is 14.7. The van der Waals surface area contributed by atoms with Crippen LogP contribution in [0.4, 0.5) is 0 Å². The van der Waals surface area contributed by atoms with Crippen molar-refractivity contribution in [2.45, 2.75) is 18.4 Å². The topological polar surface area (TPSA) is 61.8 Å². The van der Waals surface area contributed by atoms with Gasteiger partial charge < -0.3 is 14.2 Å². The summed E-state index contributed by atoms with van der Waals surface area (Å²) in [5, 5.41) is 0.636. The van der Waals surface area contributed by atoms with Gasteiger partial charge in [-0.05, 0) is 29.7 Å². The summed E-state index contributed by atoms with van der Waals surface area (Å²) < 4.78 is 15.5. The fourth-order valence-electron chi connectivity index (χ4n) is 2.60. The van der Waals surface area contributed by atoms with Gasteiger partial charge in [0.25, 0.3) is 5.60 Å². The Hall–Kier alpha value is -2.37. The summed E-state index contributed by atoms with van der Waals surface area (Å²) in [6.07, 6.45) is 0.523. The smallest absolute Gasteiger partial charge is 0.350 e. The number of esters is 2. The van der Waals surface area contributed by atoms with Gasteiger partial charge >= 0.3 is 11.9 Å². The van der Waals surface area contributed by atoms with Gasteiger partial charge in [-0.25, -0.2) is 9.59 Å². The Morgan fingerprint density at radius 3 is 2.00 bits per heavy atom. The van der Waals surface area contributed by atoms with Crippen molar-refractivity contribution in [1.29, 1.82) is 0 Å². The molecule has 0 spiro atoms. The third-order valence-corrected chi connectivity index (χ3v) is 4.23. The van der Waals surface area contributed by atoms with E-state index in [1.165, 1.54) is 14.2 Å². The Balaban J connectivity index is 2.21. The molecule has 138 valence electrons. The first kappa shape index (κ1) is 19.9. The number of halogens is 1. The minimum absolute atomic E-state index is 0.0216. The maximum atomic E-state index is 12.5. The predicted octanol–water partition coefficient (Wildman–Crippen LogP) is 3.23. The Morgan fingerprint density at radius 1 is 0.885 bits per heavy atom. The van der Waals surface area contributed by atoms with E-state index in [-0.39, 0.29) is 13.0 Å². The second kappa shape index (κ2) is 9.36. The predicted molar refractivity (Wildman–Crippen MR) is 98.0 cm³/mol. The van der Waals surface area contributed by atoms with Crippen LogP contribution in [-0.4, -0.2) is 38.4 Å². The lowest BCUT2D eigenvalue weighted by atomic mass is 9.94. The molecule has 0 amide bonds. The Kier molecular flexibility index (Phi) is 7.18. The van der Waals surface area contributed by atoms with Gasteiger partial charge in [-0.2, -0.15) is 0 Å². The lowest BCUT2D eigenvalue weighted by molar-refractivity contribution is -0.188. The summed E-state index contributed by atoms with van der Waals surface area (Å²) in [7, 11) is 2.43. The minimum Gasteiger partial charge on any atom is -0.466 e. The maximum Gasteiger partial charge on any atom is 0.350 e. The van der Waals surface area contributed by atoms with Gasteiger partial charge in [0, 0.05) is 11.4 Å². The third-order valence-electron chi connectivity index (χ3n) is 3.98. The van der Waals surface area contributed by atoms with Gasteiger partial charge in [0.05, 0.1) is 20.8 Å².